The minimum absolute atomic E-state index is 0.0192. The van der Waals surface area contributed by atoms with Gasteiger partial charge in [0.25, 0.3) is 11.8 Å². The van der Waals surface area contributed by atoms with E-state index in [0.29, 0.717) is 21.2 Å². The highest BCUT2D eigenvalue weighted by molar-refractivity contribution is 8.26. The van der Waals surface area contributed by atoms with Crippen LogP contribution in [0.15, 0.2) is 71.6 Å². The summed E-state index contributed by atoms with van der Waals surface area (Å²) in [6, 6.07) is 17.8. The Kier molecular flexibility index (Phi) is 7.53. The fraction of sp³-hybridized carbons (Fsp3) is 0.0417. The number of amides is 2. The van der Waals surface area contributed by atoms with Gasteiger partial charge in [0.2, 0.25) is 0 Å². The average Bonchev–Trinajstić information content (AvgIpc) is 3.07. The van der Waals surface area contributed by atoms with Crippen molar-refractivity contribution in [1.29, 1.82) is 0 Å². The number of thiocarbonyl (C=S) groups is 1. The Labute approximate surface area is 214 Å². The van der Waals surface area contributed by atoms with Crippen LogP contribution in [-0.2, 0) is 11.4 Å². The summed E-state index contributed by atoms with van der Waals surface area (Å²) in [5, 5.41) is 1.58. The summed E-state index contributed by atoms with van der Waals surface area (Å²) < 4.78 is 19.7. The Hall–Kier alpha value is -2.91. The van der Waals surface area contributed by atoms with Crippen molar-refractivity contribution < 1.29 is 18.7 Å². The van der Waals surface area contributed by atoms with Crippen LogP contribution in [0.4, 0.5) is 4.39 Å². The summed E-state index contributed by atoms with van der Waals surface area (Å²) in [5.41, 5.74) is 3.72. The smallest absolute Gasteiger partial charge is 0.285 e. The first-order valence-corrected chi connectivity index (χ1v) is 11.8. The molecule has 0 aromatic heterocycles. The van der Waals surface area contributed by atoms with E-state index >= 15 is 0 Å². The van der Waals surface area contributed by atoms with E-state index in [0.717, 1.165) is 16.8 Å². The third kappa shape index (κ3) is 5.42. The summed E-state index contributed by atoms with van der Waals surface area (Å²) in [6.07, 6.45) is 1.65. The van der Waals surface area contributed by atoms with Crippen molar-refractivity contribution in [1.82, 2.24) is 10.4 Å². The van der Waals surface area contributed by atoms with Crippen molar-refractivity contribution in [2.24, 2.45) is 0 Å². The van der Waals surface area contributed by atoms with Crippen molar-refractivity contribution >= 4 is 69.4 Å². The lowest BCUT2D eigenvalue weighted by Crippen LogP contribution is -2.44. The monoisotopic (exact) mass is 532 g/mol. The predicted molar refractivity (Wildman–Crippen MR) is 136 cm³/mol. The normalized spacial score (nSPS) is 14.6. The molecule has 2 amide bonds. The standard InChI is InChI=1S/C24H15Cl2FN2O3S2/c25-18-5-2-1-4-16(18)22(30)28-29-23(31)21(34-24(29)33)12-14-8-10-15(11-9-14)32-13-17-19(26)6-3-7-20(17)27/h1-12H,13H2,(H,28,30)/b21-12+. The largest absolute Gasteiger partial charge is 0.489 e. The molecule has 1 N–H and O–H groups in total. The van der Waals surface area contributed by atoms with Gasteiger partial charge in [0, 0.05) is 5.56 Å². The highest BCUT2D eigenvalue weighted by Gasteiger charge is 2.34. The first-order chi connectivity index (χ1) is 16.3. The van der Waals surface area contributed by atoms with Crippen molar-refractivity contribution in [3.63, 3.8) is 0 Å². The second kappa shape index (κ2) is 10.6. The zero-order valence-electron chi connectivity index (χ0n) is 17.3. The topological polar surface area (TPSA) is 58.6 Å². The van der Waals surface area contributed by atoms with Crippen molar-refractivity contribution in [2.45, 2.75) is 6.61 Å². The molecule has 0 bridgehead atoms. The molecule has 1 fully saturated rings. The van der Waals surface area contributed by atoms with Gasteiger partial charge in [-0.15, -0.1) is 0 Å². The first kappa shape index (κ1) is 24.2. The zero-order valence-corrected chi connectivity index (χ0v) is 20.4. The fourth-order valence-corrected chi connectivity index (χ4v) is 4.63. The molecule has 5 nitrogen and oxygen atoms in total. The minimum Gasteiger partial charge on any atom is -0.489 e. The molecule has 3 aromatic carbocycles. The Morgan fingerprint density at radius 2 is 1.76 bits per heavy atom. The number of carbonyl (C=O) groups excluding carboxylic acids is 2. The van der Waals surface area contributed by atoms with Crippen LogP contribution in [0.5, 0.6) is 5.75 Å². The lowest BCUT2D eigenvalue weighted by atomic mass is 10.2. The van der Waals surface area contributed by atoms with E-state index in [-0.39, 0.29) is 27.1 Å². The number of hydrogen-bond acceptors (Lipinski definition) is 5. The van der Waals surface area contributed by atoms with Gasteiger partial charge in [-0.05, 0) is 60.3 Å². The van der Waals surface area contributed by atoms with Crippen molar-refractivity contribution in [3.05, 3.63) is 104 Å². The third-order valence-electron chi connectivity index (χ3n) is 4.75. The minimum atomic E-state index is -0.542. The number of nitrogens with zero attached hydrogens (tertiary/aromatic N) is 1. The molecule has 0 radical (unpaired) electrons. The number of nitrogens with one attached hydrogen (secondary N) is 1. The number of halogens is 3. The van der Waals surface area contributed by atoms with Crippen LogP contribution >= 0.6 is 47.2 Å². The highest BCUT2D eigenvalue weighted by Crippen LogP contribution is 2.32. The number of carbonyl (C=O) groups is 2. The second-order valence-corrected chi connectivity index (χ2v) is 9.49. The second-order valence-electron chi connectivity index (χ2n) is 7.00. The number of benzene rings is 3. The lowest BCUT2D eigenvalue weighted by molar-refractivity contribution is -0.123. The van der Waals surface area contributed by atoms with Gasteiger partial charge in [0.1, 0.15) is 18.2 Å². The van der Waals surface area contributed by atoms with E-state index in [1.165, 1.54) is 12.1 Å². The van der Waals surface area contributed by atoms with Gasteiger partial charge in [-0.25, -0.2) is 4.39 Å². The van der Waals surface area contributed by atoms with Crippen LogP contribution in [0, 0.1) is 5.82 Å². The molecular weight excluding hydrogens is 518 g/mol. The number of rotatable bonds is 6. The molecule has 1 saturated heterocycles. The molecule has 10 heteroatoms. The number of thioether (sulfide) groups is 1. The SMILES string of the molecule is O=C(NN1C(=O)/C(=C\c2ccc(OCc3c(F)cccc3Cl)cc2)SC1=S)c1ccccc1Cl. The quantitative estimate of drug-likeness (QED) is 0.300. The van der Waals surface area contributed by atoms with Crippen molar-refractivity contribution in [2.75, 3.05) is 0 Å². The Morgan fingerprint density at radius 1 is 1.06 bits per heavy atom. The first-order valence-electron chi connectivity index (χ1n) is 9.82. The van der Waals surface area contributed by atoms with E-state index in [9.17, 15) is 14.0 Å². The molecule has 1 aliphatic heterocycles. The molecule has 0 saturated carbocycles. The maximum absolute atomic E-state index is 13.9. The molecule has 0 aliphatic carbocycles. The molecule has 1 heterocycles. The summed E-state index contributed by atoms with van der Waals surface area (Å²) in [4.78, 5) is 25.6. The molecule has 172 valence electrons. The van der Waals surface area contributed by atoms with E-state index in [1.54, 1.807) is 60.7 Å². The van der Waals surface area contributed by atoms with Gasteiger partial charge in [0.15, 0.2) is 4.32 Å². The Bertz CT molecular complexity index is 1300. The van der Waals surface area contributed by atoms with E-state index in [1.807, 2.05) is 0 Å². The fourth-order valence-electron chi connectivity index (χ4n) is 3.01. The third-order valence-corrected chi connectivity index (χ3v) is 6.73. The Morgan fingerprint density at radius 3 is 2.47 bits per heavy atom. The van der Waals surface area contributed by atoms with Crippen LogP contribution in [0.1, 0.15) is 21.5 Å². The number of ether oxygens (including phenoxy) is 1. The molecule has 4 rings (SSSR count). The van der Waals surface area contributed by atoms with Gasteiger partial charge >= 0.3 is 0 Å². The van der Waals surface area contributed by atoms with E-state index < -0.39 is 17.6 Å². The maximum Gasteiger partial charge on any atom is 0.285 e. The summed E-state index contributed by atoms with van der Waals surface area (Å²) in [6.45, 7) is -0.0192. The van der Waals surface area contributed by atoms with Gasteiger partial charge < -0.3 is 4.74 Å². The number of hydrogen-bond donors (Lipinski definition) is 1. The molecule has 3 aromatic rings. The van der Waals surface area contributed by atoms with Crippen LogP contribution in [0.2, 0.25) is 10.0 Å². The Balaban J connectivity index is 1.42. The molecule has 0 unspecified atom stereocenters. The van der Waals surface area contributed by atoms with Gasteiger partial charge in [-0.1, -0.05) is 65.3 Å². The van der Waals surface area contributed by atoms with E-state index in [2.05, 4.69) is 5.43 Å². The predicted octanol–water partition coefficient (Wildman–Crippen LogP) is 6.26. The average molecular weight is 533 g/mol. The lowest BCUT2D eigenvalue weighted by Gasteiger charge is -2.16. The van der Waals surface area contributed by atoms with Crippen LogP contribution in [0.3, 0.4) is 0 Å². The highest BCUT2D eigenvalue weighted by atomic mass is 35.5. The van der Waals surface area contributed by atoms with Gasteiger partial charge in [-0.2, -0.15) is 5.01 Å². The summed E-state index contributed by atoms with van der Waals surface area (Å²) in [7, 11) is 0. The van der Waals surface area contributed by atoms with Crippen molar-refractivity contribution in [3.8, 4) is 5.75 Å². The summed E-state index contributed by atoms with van der Waals surface area (Å²) in [5.74, 6) is -0.923. The molecule has 1 aliphatic rings. The molecule has 34 heavy (non-hydrogen) atoms. The van der Waals surface area contributed by atoms with Crippen LogP contribution in [0.25, 0.3) is 6.08 Å². The van der Waals surface area contributed by atoms with Gasteiger partial charge in [0.05, 0.1) is 20.5 Å². The zero-order chi connectivity index (χ0) is 24.2. The molecule has 0 atom stereocenters. The molecular formula is C24H15Cl2FN2O3S2. The maximum atomic E-state index is 13.9. The number of hydrazine groups is 1. The van der Waals surface area contributed by atoms with E-state index in [4.69, 9.17) is 40.2 Å². The molecule has 0 spiro atoms. The van der Waals surface area contributed by atoms with Crippen LogP contribution in [-0.4, -0.2) is 21.1 Å². The summed E-state index contributed by atoms with van der Waals surface area (Å²) >= 11 is 18.4. The van der Waals surface area contributed by atoms with Crippen LogP contribution < -0.4 is 10.2 Å². The van der Waals surface area contributed by atoms with Gasteiger partial charge in [-0.3, -0.25) is 15.0 Å².